The Hall–Kier alpha value is -1.85. The summed E-state index contributed by atoms with van der Waals surface area (Å²) >= 11 is 0. The molecular formula is C20H26N2O3. The number of aliphatic hydroxyl groups excluding tert-OH is 1. The van der Waals surface area contributed by atoms with Crippen LogP contribution < -0.4 is 9.47 Å². The van der Waals surface area contributed by atoms with Gasteiger partial charge < -0.3 is 15.1 Å². The second-order valence-corrected chi connectivity index (χ2v) is 7.44. The Kier molecular flexibility index (Phi) is 4.29. The predicted molar refractivity (Wildman–Crippen MR) is 96.3 cm³/mol. The van der Waals surface area contributed by atoms with Crippen molar-refractivity contribution in [3.8, 4) is 5.75 Å². The molecule has 0 amide bonds. The number of hydrogen-bond acceptors (Lipinski definition) is 4. The molecule has 25 heavy (non-hydrogen) atoms. The van der Waals surface area contributed by atoms with Gasteiger partial charge in [0, 0.05) is 30.3 Å². The molecule has 5 rings (SSSR count). The lowest BCUT2D eigenvalue weighted by Crippen LogP contribution is -2.55. The number of benzene rings is 1. The SMILES string of the molecule is CC[C@H]1CN2CC[C@@H]1C[C@@H]2[C@H](O)c1cc[n+]([O-])c2ccc(OC)cc12. The van der Waals surface area contributed by atoms with Crippen molar-refractivity contribution in [2.45, 2.75) is 38.3 Å². The summed E-state index contributed by atoms with van der Waals surface area (Å²) in [6, 6.07) is 7.30. The summed E-state index contributed by atoms with van der Waals surface area (Å²) in [7, 11) is 1.61. The van der Waals surface area contributed by atoms with E-state index in [9.17, 15) is 10.3 Å². The normalized spacial score (nSPS) is 29.7. The lowest BCUT2D eigenvalue weighted by molar-refractivity contribution is -0.577. The second kappa shape index (κ2) is 6.46. The van der Waals surface area contributed by atoms with Crippen LogP contribution in [0.4, 0.5) is 0 Å². The van der Waals surface area contributed by atoms with E-state index in [4.69, 9.17) is 4.74 Å². The van der Waals surface area contributed by atoms with Gasteiger partial charge in [-0.05, 0) is 43.4 Å². The van der Waals surface area contributed by atoms with Crippen LogP contribution in [-0.4, -0.2) is 36.2 Å². The van der Waals surface area contributed by atoms with E-state index in [0.717, 1.165) is 41.1 Å². The van der Waals surface area contributed by atoms with Crippen molar-refractivity contribution in [1.29, 1.82) is 0 Å². The van der Waals surface area contributed by atoms with E-state index in [0.29, 0.717) is 17.2 Å². The quantitative estimate of drug-likeness (QED) is 0.685. The number of fused-ring (bicyclic) bond motifs is 4. The minimum Gasteiger partial charge on any atom is -0.618 e. The first-order valence-corrected chi connectivity index (χ1v) is 9.24. The number of pyridine rings is 1. The highest BCUT2D eigenvalue weighted by molar-refractivity contribution is 5.81. The van der Waals surface area contributed by atoms with Crippen LogP contribution in [0, 0.1) is 17.0 Å². The first-order valence-electron chi connectivity index (χ1n) is 9.24. The molecule has 0 saturated carbocycles. The van der Waals surface area contributed by atoms with Crippen LogP contribution in [0.25, 0.3) is 10.9 Å². The van der Waals surface area contributed by atoms with E-state index >= 15 is 0 Å². The summed E-state index contributed by atoms with van der Waals surface area (Å²) in [5, 5.41) is 24.1. The molecule has 4 heterocycles. The summed E-state index contributed by atoms with van der Waals surface area (Å²) in [5.41, 5.74) is 1.39. The molecule has 0 aliphatic carbocycles. The number of rotatable bonds is 4. The summed E-state index contributed by atoms with van der Waals surface area (Å²) in [6.45, 7) is 4.42. The number of piperidine rings is 3. The molecule has 3 aliphatic rings. The molecule has 3 aliphatic heterocycles. The molecule has 3 fully saturated rings. The van der Waals surface area contributed by atoms with Crippen LogP contribution in [0.3, 0.4) is 0 Å². The lowest BCUT2D eigenvalue weighted by Gasteiger charge is -2.51. The van der Waals surface area contributed by atoms with Crippen molar-refractivity contribution in [2.24, 2.45) is 11.8 Å². The number of aromatic nitrogens is 1. The van der Waals surface area contributed by atoms with E-state index in [1.54, 1.807) is 25.3 Å². The lowest BCUT2D eigenvalue weighted by atomic mass is 9.72. The van der Waals surface area contributed by atoms with Gasteiger partial charge in [0.2, 0.25) is 5.52 Å². The van der Waals surface area contributed by atoms with Crippen LogP contribution in [-0.2, 0) is 0 Å². The van der Waals surface area contributed by atoms with E-state index in [1.165, 1.54) is 19.0 Å². The fraction of sp³-hybridized carbons (Fsp3) is 0.550. The topological polar surface area (TPSA) is 59.6 Å². The Bertz CT molecular complexity index is 779. The molecule has 5 nitrogen and oxygen atoms in total. The van der Waals surface area contributed by atoms with E-state index in [-0.39, 0.29) is 6.04 Å². The Morgan fingerprint density at radius 2 is 2.24 bits per heavy atom. The fourth-order valence-corrected chi connectivity index (χ4v) is 4.82. The van der Waals surface area contributed by atoms with Gasteiger partial charge in [-0.25, -0.2) is 0 Å². The average Bonchev–Trinajstić information content (AvgIpc) is 2.67. The highest BCUT2D eigenvalue weighted by Gasteiger charge is 2.42. The number of hydrogen-bond donors (Lipinski definition) is 1. The van der Waals surface area contributed by atoms with Crippen LogP contribution in [0.2, 0.25) is 0 Å². The molecular weight excluding hydrogens is 316 g/mol. The molecule has 2 aromatic rings. The molecule has 2 bridgehead atoms. The van der Waals surface area contributed by atoms with Crippen molar-refractivity contribution in [3.63, 3.8) is 0 Å². The molecule has 1 N–H and O–H groups in total. The van der Waals surface area contributed by atoms with E-state index in [1.807, 2.05) is 6.07 Å². The van der Waals surface area contributed by atoms with Gasteiger partial charge in [-0.3, -0.25) is 4.90 Å². The summed E-state index contributed by atoms with van der Waals surface area (Å²) in [6.07, 6.45) is 4.41. The molecule has 5 atom stereocenters. The summed E-state index contributed by atoms with van der Waals surface area (Å²) in [5.74, 6) is 2.17. The minimum atomic E-state index is -0.587. The maximum atomic E-state index is 12.1. The molecule has 0 spiro atoms. The third-order valence-corrected chi connectivity index (χ3v) is 6.29. The number of methoxy groups -OCH3 is 1. The Balaban J connectivity index is 1.71. The molecule has 1 aromatic carbocycles. The smallest absolute Gasteiger partial charge is 0.224 e. The van der Waals surface area contributed by atoms with Gasteiger partial charge in [0.25, 0.3) is 0 Å². The molecule has 1 aromatic heterocycles. The summed E-state index contributed by atoms with van der Waals surface area (Å²) in [4.78, 5) is 2.45. The largest absolute Gasteiger partial charge is 0.618 e. The van der Waals surface area contributed by atoms with Gasteiger partial charge >= 0.3 is 0 Å². The maximum absolute atomic E-state index is 12.1. The molecule has 0 radical (unpaired) electrons. The Morgan fingerprint density at radius 1 is 1.40 bits per heavy atom. The van der Waals surface area contributed by atoms with Crippen molar-refractivity contribution in [3.05, 3.63) is 41.2 Å². The van der Waals surface area contributed by atoms with Gasteiger partial charge in [-0.15, -0.1) is 0 Å². The van der Waals surface area contributed by atoms with Crippen LogP contribution in [0.5, 0.6) is 5.75 Å². The highest BCUT2D eigenvalue weighted by Crippen LogP contribution is 2.42. The standard InChI is InChI=1S/C20H26N2O3/c1-3-13-12-21-8-6-14(13)10-19(21)20(23)16-7-9-22(24)18-5-4-15(25-2)11-17(16)18/h4-5,7,9,11,13-14,19-20,23H,3,6,8,10,12H2,1-2H3/t13-,14+,19+,20+/m0/s1. The molecule has 5 heteroatoms. The molecule has 3 saturated heterocycles. The summed E-state index contributed by atoms with van der Waals surface area (Å²) < 4.78 is 6.17. The first-order chi connectivity index (χ1) is 12.1. The van der Waals surface area contributed by atoms with Crippen molar-refractivity contribution in [1.82, 2.24) is 4.90 Å². The zero-order chi connectivity index (χ0) is 17.6. The van der Waals surface area contributed by atoms with Crippen LogP contribution in [0.1, 0.15) is 37.9 Å². The van der Waals surface area contributed by atoms with Gasteiger partial charge in [0.05, 0.1) is 18.6 Å². The third-order valence-electron chi connectivity index (χ3n) is 6.29. The molecule has 134 valence electrons. The van der Waals surface area contributed by atoms with Gasteiger partial charge in [-0.1, -0.05) is 13.3 Å². The van der Waals surface area contributed by atoms with Crippen LogP contribution in [0.15, 0.2) is 30.5 Å². The third kappa shape index (κ3) is 2.75. The monoisotopic (exact) mass is 342 g/mol. The van der Waals surface area contributed by atoms with E-state index < -0.39 is 6.10 Å². The number of aliphatic hydroxyl groups is 1. The maximum Gasteiger partial charge on any atom is 0.224 e. The number of ether oxygens (including phenoxy) is 1. The minimum absolute atomic E-state index is 0.137. The van der Waals surface area contributed by atoms with Gasteiger partial charge in [0.1, 0.15) is 5.75 Å². The number of nitrogens with zero attached hydrogens (tertiary/aromatic N) is 2. The molecule has 1 unspecified atom stereocenters. The van der Waals surface area contributed by atoms with Crippen molar-refractivity contribution in [2.75, 3.05) is 20.2 Å². The van der Waals surface area contributed by atoms with Crippen molar-refractivity contribution >= 4 is 10.9 Å². The predicted octanol–water partition coefficient (Wildman–Crippen LogP) is 2.64. The van der Waals surface area contributed by atoms with Crippen LogP contribution >= 0.6 is 0 Å². The zero-order valence-electron chi connectivity index (χ0n) is 14.9. The van der Waals surface area contributed by atoms with Crippen molar-refractivity contribution < 1.29 is 14.6 Å². The van der Waals surface area contributed by atoms with E-state index in [2.05, 4.69) is 11.8 Å². The Morgan fingerprint density at radius 3 is 2.92 bits per heavy atom. The second-order valence-electron chi connectivity index (χ2n) is 7.44. The fourth-order valence-electron chi connectivity index (χ4n) is 4.82. The average molecular weight is 342 g/mol. The van der Waals surface area contributed by atoms with Gasteiger partial charge in [0.15, 0.2) is 6.20 Å². The highest BCUT2D eigenvalue weighted by atomic mass is 16.5. The van der Waals surface area contributed by atoms with Gasteiger partial charge in [-0.2, -0.15) is 4.73 Å². The Labute approximate surface area is 148 Å². The first kappa shape index (κ1) is 16.6. The zero-order valence-corrected chi connectivity index (χ0v) is 14.9.